The lowest BCUT2D eigenvalue weighted by Crippen LogP contribution is -2.23. The Hall–Kier alpha value is -3.46. The maximum Gasteiger partial charge on any atom is 0.270 e. The van der Waals surface area contributed by atoms with Crippen molar-refractivity contribution in [2.24, 2.45) is 0 Å². The number of fused-ring (bicyclic) bond motifs is 3. The molecule has 2 N–H and O–H groups in total. The molecule has 1 saturated heterocycles. The molecule has 1 aliphatic rings. The second-order valence-corrected chi connectivity index (χ2v) is 8.95. The van der Waals surface area contributed by atoms with E-state index in [0.29, 0.717) is 44.5 Å². The Bertz CT molecular complexity index is 1570. The number of para-hydroxylation sites is 1. The highest BCUT2D eigenvalue weighted by Gasteiger charge is 2.19. The van der Waals surface area contributed by atoms with Crippen molar-refractivity contribution >= 4 is 51.6 Å². The Morgan fingerprint density at radius 3 is 2.59 bits per heavy atom. The molecule has 0 aliphatic carbocycles. The van der Waals surface area contributed by atoms with Crippen molar-refractivity contribution < 1.29 is 0 Å². The molecular formula is C24H19Cl2N7O. The molecule has 8 nitrogen and oxygen atoms in total. The molecule has 1 aliphatic heterocycles. The first-order valence-corrected chi connectivity index (χ1v) is 11.7. The number of nitrogens with one attached hydrogen (secondary N) is 2. The molecule has 10 heteroatoms. The first-order valence-electron chi connectivity index (χ1n) is 10.9. The van der Waals surface area contributed by atoms with Crippen LogP contribution in [-0.4, -0.2) is 30.5 Å². The summed E-state index contributed by atoms with van der Waals surface area (Å²) in [5, 5.41) is 7.73. The average molecular weight is 492 g/mol. The van der Waals surface area contributed by atoms with Crippen molar-refractivity contribution in [2.75, 3.05) is 11.9 Å². The van der Waals surface area contributed by atoms with Crippen LogP contribution < -0.4 is 16.2 Å². The van der Waals surface area contributed by atoms with Crippen LogP contribution in [0.1, 0.15) is 24.4 Å². The highest BCUT2D eigenvalue weighted by Crippen LogP contribution is 2.29. The van der Waals surface area contributed by atoms with E-state index in [2.05, 4.69) is 37.7 Å². The number of halogens is 2. The minimum atomic E-state index is -0.358. The summed E-state index contributed by atoms with van der Waals surface area (Å²) in [7, 11) is 0. The first kappa shape index (κ1) is 21.1. The molecule has 6 rings (SSSR count). The van der Waals surface area contributed by atoms with E-state index in [9.17, 15) is 4.79 Å². The summed E-state index contributed by atoms with van der Waals surface area (Å²) in [4.78, 5) is 26.8. The molecule has 1 fully saturated rings. The molecule has 170 valence electrons. The van der Waals surface area contributed by atoms with Crippen molar-refractivity contribution in [1.29, 1.82) is 0 Å². The molecule has 0 amide bonds. The molecule has 1 atom stereocenters. The van der Waals surface area contributed by atoms with Gasteiger partial charge < -0.3 is 10.6 Å². The van der Waals surface area contributed by atoms with Gasteiger partial charge in [-0.05, 0) is 49.2 Å². The number of benzene rings is 2. The van der Waals surface area contributed by atoms with Gasteiger partial charge in [0.1, 0.15) is 5.39 Å². The lowest BCUT2D eigenvalue weighted by molar-refractivity contribution is 0.648. The van der Waals surface area contributed by atoms with E-state index in [4.69, 9.17) is 23.2 Å². The van der Waals surface area contributed by atoms with Gasteiger partial charge in [0.15, 0.2) is 5.65 Å². The topological polar surface area (TPSA) is 89.1 Å². The number of aromatic nitrogens is 5. The van der Waals surface area contributed by atoms with Crippen molar-refractivity contribution in [3.8, 4) is 5.69 Å². The van der Waals surface area contributed by atoms with Gasteiger partial charge in [-0.25, -0.2) is 14.5 Å². The molecule has 0 radical (unpaired) electrons. The Morgan fingerprint density at radius 1 is 1.06 bits per heavy atom. The van der Waals surface area contributed by atoms with Crippen molar-refractivity contribution in [3.63, 3.8) is 0 Å². The monoisotopic (exact) mass is 491 g/mol. The Balaban J connectivity index is 1.43. The van der Waals surface area contributed by atoms with Gasteiger partial charge in [0.25, 0.3) is 5.56 Å². The van der Waals surface area contributed by atoms with Gasteiger partial charge in [0.05, 0.1) is 15.7 Å². The molecule has 1 unspecified atom stereocenters. The summed E-state index contributed by atoms with van der Waals surface area (Å²) < 4.78 is 3.11. The fourth-order valence-electron chi connectivity index (χ4n) is 4.41. The van der Waals surface area contributed by atoms with Crippen molar-refractivity contribution in [2.45, 2.75) is 18.9 Å². The summed E-state index contributed by atoms with van der Waals surface area (Å²) in [6.07, 6.45) is 7.19. The predicted octanol–water partition coefficient (Wildman–Crippen LogP) is 4.90. The van der Waals surface area contributed by atoms with Crippen LogP contribution >= 0.6 is 23.2 Å². The molecule has 34 heavy (non-hydrogen) atoms. The van der Waals surface area contributed by atoms with Crippen LogP contribution in [0.15, 0.2) is 65.8 Å². The molecule has 0 saturated carbocycles. The summed E-state index contributed by atoms with van der Waals surface area (Å²) in [5.41, 5.74) is 2.57. The fourth-order valence-corrected chi connectivity index (χ4v) is 4.97. The molecule has 2 aromatic carbocycles. The molecule has 0 spiro atoms. The lowest BCUT2D eigenvalue weighted by Gasteiger charge is -2.14. The number of hydrogen-bond donors (Lipinski definition) is 2. The zero-order chi connectivity index (χ0) is 23.2. The average Bonchev–Trinajstić information content (AvgIpc) is 3.54. The summed E-state index contributed by atoms with van der Waals surface area (Å²) >= 11 is 12.8. The molecular weight excluding hydrogens is 473 g/mol. The van der Waals surface area contributed by atoms with E-state index >= 15 is 0 Å². The van der Waals surface area contributed by atoms with Crippen LogP contribution in [0.5, 0.6) is 0 Å². The standard InChI is InChI=1S/C24H19Cl2N7O/c25-17-3-1-4-18(26)20(17)33-22(34)16-13-29-23(31-21(16)32-12-11-28-24(32)33)30-15-8-6-14(7-9-15)19-5-2-10-27-19/h1,3-4,6-9,11-13,19,27H,2,5,10H2,(H,29,30,31). The number of nitrogens with zero attached hydrogens (tertiary/aromatic N) is 5. The van der Waals surface area contributed by atoms with E-state index in [0.717, 1.165) is 18.7 Å². The highest BCUT2D eigenvalue weighted by atomic mass is 35.5. The summed E-state index contributed by atoms with van der Waals surface area (Å²) in [6, 6.07) is 13.7. The van der Waals surface area contributed by atoms with Gasteiger partial charge in [-0.3, -0.25) is 9.20 Å². The fraction of sp³-hybridized carbons (Fsp3) is 0.167. The molecule has 4 heterocycles. The third-order valence-corrected chi connectivity index (χ3v) is 6.65. The predicted molar refractivity (Wildman–Crippen MR) is 134 cm³/mol. The van der Waals surface area contributed by atoms with Gasteiger partial charge in [0.2, 0.25) is 11.7 Å². The van der Waals surface area contributed by atoms with Crippen LogP contribution in [-0.2, 0) is 0 Å². The maximum absolute atomic E-state index is 13.5. The summed E-state index contributed by atoms with van der Waals surface area (Å²) in [6.45, 7) is 1.06. The second-order valence-electron chi connectivity index (χ2n) is 8.13. The first-order chi connectivity index (χ1) is 16.6. The normalized spacial score (nSPS) is 15.9. The van der Waals surface area contributed by atoms with Crippen LogP contribution in [0.25, 0.3) is 22.5 Å². The summed E-state index contributed by atoms with van der Waals surface area (Å²) in [5.74, 6) is 0.729. The van der Waals surface area contributed by atoms with Crippen molar-refractivity contribution in [1.82, 2.24) is 29.2 Å². The van der Waals surface area contributed by atoms with Gasteiger partial charge in [0, 0.05) is 30.3 Å². The Labute approximate surface area is 204 Å². The van der Waals surface area contributed by atoms with Crippen LogP contribution in [0, 0.1) is 0 Å². The van der Waals surface area contributed by atoms with E-state index in [-0.39, 0.29) is 5.56 Å². The largest absolute Gasteiger partial charge is 0.324 e. The third kappa shape index (κ3) is 3.51. The van der Waals surface area contributed by atoms with Crippen LogP contribution in [0.3, 0.4) is 0 Å². The zero-order valence-corrected chi connectivity index (χ0v) is 19.4. The van der Waals surface area contributed by atoms with Gasteiger partial charge in [-0.15, -0.1) is 0 Å². The minimum Gasteiger partial charge on any atom is -0.324 e. The zero-order valence-electron chi connectivity index (χ0n) is 17.9. The highest BCUT2D eigenvalue weighted by molar-refractivity contribution is 6.37. The molecule has 3 aromatic heterocycles. The Kier molecular flexibility index (Phi) is 5.21. The second kappa shape index (κ2) is 8.39. The van der Waals surface area contributed by atoms with Crippen LogP contribution in [0.2, 0.25) is 10.0 Å². The number of anilines is 2. The van der Waals surface area contributed by atoms with Gasteiger partial charge in [-0.2, -0.15) is 4.98 Å². The lowest BCUT2D eigenvalue weighted by atomic mass is 10.1. The quantitative estimate of drug-likeness (QED) is 0.371. The number of hydrogen-bond acceptors (Lipinski definition) is 6. The van der Waals surface area contributed by atoms with Gasteiger partial charge in [-0.1, -0.05) is 41.4 Å². The van der Waals surface area contributed by atoms with E-state index in [1.165, 1.54) is 22.7 Å². The smallest absolute Gasteiger partial charge is 0.270 e. The number of rotatable bonds is 4. The van der Waals surface area contributed by atoms with Crippen LogP contribution in [0.4, 0.5) is 11.6 Å². The van der Waals surface area contributed by atoms with E-state index < -0.39 is 0 Å². The van der Waals surface area contributed by atoms with Crippen molar-refractivity contribution in [3.05, 3.63) is 87.0 Å². The SMILES string of the molecule is O=c1c2cnc(Nc3ccc(C4CCCN4)cc3)nc2n2ccnc2n1-c1c(Cl)cccc1Cl. The minimum absolute atomic E-state index is 0.315. The molecule has 5 aromatic rings. The maximum atomic E-state index is 13.5. The van der Waals surface area contributed by atoms with Gasteiger partial charge >= 0.3 is 0 Å². The molecule has 0 bridgehead atoms. The van der Waals surface area contributed by atoms with E-state index in [1.807, 2.05) is 12.1 Å². The third-order valence-electron chi connectivity index (χ3n) is 6.04. The number of imidazole rings is 1. The Morgan fingerprint density at radius 2 is 1.85 bits per heavy atom. The van der Waals surface area contributed by atoms with E-state index in [1.54, 1.807) is 35.0 Å².